The van der Waals surface area contributed by atoms with Gasteiger partial charge in [-0.25, -0.2) is 4.79 Å². The molecule has 1 aromatic carbocycles. The van der Waals surface area contributed by atoms with E-state index in [-0.39, 0.29) is 24.5 Å². The van der Waals surface area contributed by atoms with Crippen molar-refractivity contribution in [3.05, 3.63) is 66.3 Å². The van der Waals surface area contributed by atoms with Gasteiger partial charge < -0.3 is 24.3 Å². The van der Waals surface area contributed by atoms with E-state index in [9.17, 15) is 9.59 Å². The highest BCUT2D eigenvalue weighted by Crippen LogP contribution is 2.22. The summed E-state index contributed by atoms with van der Waals surface area (Å²) in [6, 6.07) is 10.9. The third-order valence-electron chi connectivity index (χ3n) is 5.47. The van der Waals surface area contributed by atoms with Crippen LogP contribution in [0.4, 0.5) is 10.5 Å². The van der Waals surface area contributed by atoms with Crippen molar-refractivity contribution in [1.82, 2.24) is 9.80 Å². The number of rotatable bonds is 8. The maximum Gasteiger partial charge on any atom is 0.322 e. The molecule has 2 heterocycles. The van der Waals surface area contributed by atoms with Crippen LogP contribution in [-0.2, 0) is 22.5 Å². The molecule has 1 N–H and O–H groups in total. The molecule has 2 amide bonds. The summed E-state index contributed by atoms with van der Waals surface area (Å²) in [7, 11) is 0. The van der Waals surface area contributed by atoms with Crippen LogP contribution < -0.4 is 5.32 Å². The van der Waals surface area contributed by atoms with Gasteiger partial charge in [0.15, 0.2) is 0 Å². The van der Waals surface area contributed by atoms with Crippen molar-refractivity contribution in [3.63, 3.8) is 0 Å². The first-order valence-electron chi connectivity index (χ1n) is 10.7. The highest BCUT2D eigenvalue weighted by molar-refractivity contribution is 5.89. The van der Waals surface area contributed by atoms with E-state index in [4.69, 9.17) is 9.15 Å². The van der Waals surface area contributed by atoms with Crippen LogP contribution in [0.25, 0.3) is 0 Å². The molecule has 0 saturated carbocycles. The lowest BCUT2D eigenvalue weighted by molar-refractivity contribution is -0.142. The van der Waals surface area contributed by atoms with Crippen LogP contribution in [0.5, 0.6) is 0 Å². The van der Waals surface area contributed by atoms with Gasteiger partial charge in [-0.15, -0.1) is 0 Å². The minimum absolute atomic E-state index is 0.115. The molecule has 1 aliphatic rings. The number of ether oxygens (including phenoxy) is 1. The van der Waals surface area contributed by atoms with E-state index >= 15 is 0 Å². The Morgan fingerprint density at radius 3 is 2.52 bits per heavy atom. The zero-order chi connectivity index (χ0) is 22.2. The zero-order valence-electron chi connectivity index (χ0n) is 18.3. The van der Waals surface area contributed by atoms with E-state index in [1.807, 2.05) is 36.1 Å². The van der Waals surface area contributed by atoms with Gasteiger partial charge in [0, 0.05) is 30.5 Å². The standard InChI is InChI=1S/C24H31N3O4/c1-4-30-23(28)16-19-7-9-20(10-8-19)25-24(29)27(17-22-6-5-15-31-22)21-11-13-26(14-12-21)18(2)3/h5-10,15,21H,2,4,11-14,16-17H2,1,3H3,(H,25,29). The van der Waals surface area contributed by atoms with Gasteiger partial charge in [0.05, 0.1) is 25.8 Å². The maximum absolute atomic E-state index is 13.2. The minimum Gasteiger partial charge on any atom is -0.467 e. The van der Waals surface area contributed by atoms with Crippen molar-refractivity contribution in [3.8, 4) is 0 Å². The Morgan fingerprint density at radius 2 is 1.94 bits per heavy atom. The van der Waals surface area contributed by atoms with Gasteiger partial charge in [-0.1, -0.05) is 18.7 Å². The van der Waals surface area contributed by atoms with E-state index in [0.717, 1.165) is 43.0 Å². The number of hydrogen-bond donors (Lipinski definition) is 1. The molecule has 7 heteroatoms. The molecule has 31 heavy (non-hydrogen) atoms. The average molecular weight is 426 g/mol. The molecule has 3 rings (SSSR count). The first-order chi connectivity index (χ1) is 15.0. The number of anilines is 1. The van der Waals surface area contributed by atoms with E-state index in [1.165, 1.54) is 0 Å². The number of furan rings is 1. The molecule has 0 bridgehead atoms. The van der Waals surface area contributed by atoms with Crippen molar-refractivity contribution in [2.24, 2.45) is 0 Å². The van der Waals surface area contributed by atoms with Gasteiger partial charge in [-0.2, -0.15) is 0 Å². The molecular weight excluding hydrogens is 394 g/mol. The summed E-state index contributed by atoms with van der Waals surface area (Å²) in [4.78, 5) is 28.9. The van der Waals surface area contributed by atoms with Crippen LogP contribution >= 0.6 is 0 Å². The quantitative estimate of drug-likeness (QED) is 0.634. The number of likely N-dealkylation sites (tertiary alicyclic amines) is 1. The van der Waals surface area contributed by atoms with E-state index in [1.54, 1.807) is 25.3 Å². The van der Waals surface area contributed by atoms with Crippen molar-refractivity contribution >= 4 is 17.7 Å². The number of urea groups is 1. The topological polar surface area (TPSA) is 75.0 Å². The monoisotopic (exact) mass is 425 g/mol. The third-order valence-corrected chi connectivity index (χ3v) is 5.47. The predicted octanol–water partition coefficient (Wildman–Crippen LogP) is 4.42. The lowest BCUT2D eigenvalue weighted by Crippen LogP contribution is -2.48. The van der Waals surface area contributed by atoms with Crippen LogP contribution in [0.3, 0.4) is 0 Å². The number of amides is 2. The lowest BCUT2D eigenvalue weighted by Gasteiger charge is -2.39. The van der Waals surface area contributed by atoms with Gasteiger partial charge in [-0.3, -0.25) is 4.79 Å². The normalized spacial score (nSPS) is 14.2. The first kappa shape index (κ1) is 22.5. The van der Waals surface area contributed by atoms with Crippen molar-refractivity contribution in [2.45, 2.75) is 45.7 Å². The first-order valence-corrected chi connectivity index (χ1v) is 10.7. The number of esters is 1. The fourth-order valence-corrected chi connectivity index (χ4v) is 3.78. The van der Waals surface area contributed by atoms with Gasteiger partial charge in [0.25, 0.3) is 0 Å². The number of nitrogens with zero attached hydrogens (tertiary/aromatic N) is 2. The highest BCUT2D eigenvalue weighted by Gasteiger charge is 2.28. The van der Waals surface area contributed by atoms with Crippen LogP contribution in [0.1, 0.15) is 38.0 Å². The second-order valence-electron chi connectivity index (χ2n) is 7.77. The molecular formula is C24H31N3O4. The van der Waals surface area contributed by atoms with E-state index < -0.39 is 0 Å². The Bertz CT molecular complexity index is 869. The SMILES string of the molecule is C=C(C)N1CCC(N(Cc2ccco2)C(=O)Nc2ccc(CC(=O)OCC)cc2)CC1. The Kier molecular flexibility index (Phi) is 7.76. The number of piperidine rings is 1. The molecule has 0 aliphatic carbocycles. The molecule has 0 spiro atoms. The molecule has 1 fully saturated rings. The van der Waals surface area contributed by atoms with Gasteiger partial charge in [-0.05, 0) is 56.5 Å². The average Bonchev–Trinajstić information content (AvgIpc) is 3.27. The minimum atomic E-state index is -0.259. The molecule has 1 saturated heterocycles. The Morgan fingerprint density at radius 1 is 1.23 bits per heavy atom. The van der Waals surface area contributed by atoms with Gasteiger partial charge in [0.1, 0.15) is 5.76 Å². The summed E-state index contributed by atoms with van der Waals surface area (Å²) >= 11 is 0. The summed E-state index contributed by atoms with van der Waals surface area (Å²) < 4.78 is 10.5. The molecule has 2 aromatic rings. The van der Waals surface area contributed by atoms with E-state index in [0.29, 0.717) is 18.8 Å². The van der Waals surface area contributed by atoms with Crippen LogP contribution in [0.15, 0.2) is 59.4 Å². The fourth-order valence-electron chi connectivity index (χ4n) is 3.78. The van der Waals surface area contributed by atoms with Crippen molar-refractivity contribution < 1.29 is 18.7 Å². The molecule has 7 nitrogen and oxygen atoms in total. The molecule has 166 valence electrons. The predicted molar refractivity (Wildman–Crippen MR) is 119 cm³/mol. The fraction of sp³-hybridized carbons (Fsp3) is 0.417. The van der Waals surface area contributed by atoms with Crippen molar-refractivity contribution in [2.75, 3.05) is 25.0 Å². The number of nitrogens with one attached hydrogen (secondary N) is 1. The summed E-state index contributed by atoms with van der Waals surface area (Å²) in [6.45, 7) is 10.4. The summed E-state index contributed by atoms with van der Waals surface area (Å²) in [5.41, 5.74) is 2.58. The highest BCUT2D eigenvalue weighted by atomic mass is 16.5. The Labute approximate surface area is 183 Å². The largest absolute Gasteiger partial charge is 0.467 e. The molecule has 0 radical (unpaired) electrons. The summed E-state index contributed by atoms with van der Waals surface area (Å²) in [6.07, 6.45) is 3.59. The number of allylic oxidation sites excluding steroid dienone is 1. The second-order valence-corrected chi connectivity index (χ2v) is 7.77. The number of carbonyl (C=O) groups is 2. The number of hydrogen-bond acceptors (Lipinski definition) is 5. The van der Waals surface area contributed by atoms with Crippen LogP contribution in [-0.4, -0.2) is 47.5 Å². The molecule has 0 unspecified atom stereocenters. The summed E-state index contributed by atoms with van der Waals surface area (Å²) in [5.74, 6) is 0.493. The molecule has 0 atom stereocenters. The van der Waals surface area contributed by atoms with Crippen LogP contribution in [0, 0.1) is 0 Å². The van der Waals surface area contributed by atoms with E-state index in [2.05, 4.69) is 16.8 Å². The molecule has 1 aromatic heterocycles. The Balaban J connectivity index is 1.65. The number of carbonyl (C=O) groups excluding carboxylic acids is 2. The second kappa shape index (κ2) is 10.7. The smallest absolute Gasteiger partial charge is 0.322 e. The van der Waals surface area contributed by atoms with Gasteiger partial charge >= 0.3 is 12.0 Å². The third kappa shape index (κ3) is 6.38. The maximum atomic E-state index is 13.2. The summed E-state index contributed by atoms with van der Waals surface area (Å²) in [5, 5.41) is 2.99. The zero-order valence-corrected chi connectivity index (χ0v) is 18.3. The van der Waals surface area contributed by atoms with Crippen molar-refractivity contribution in [1.29, 1.82) is 0 Å². The Hall–Kier alpha value is -3.22. The lowest BCUT2D eigenvalue weighted by atomic mass is 10.0. The number of benzene rings is 1. The van der Waals surface area contributed by atoms with Gasteiger partial charge in [0.2, 0.25) is 0 Å². The molecule has 1 aliphatic heterocycles. The van der Waals surface area contributed by atoms with Crippen LogP contribution in [0.2, 0.25) is 0 Å².